The SMILES string of the molecule is NC1=CC(OCC2CC2)=C(C(=O)NCCCN2CCC(O)CC2)CC=C1Cl. The molecule has 4 N–H and O–H groups in total. The lowest BCUT2D eigenvalue weighted by Gasteiger charge is -2.29. The molecule has 0 aromatic rings. The molecule has 1 saturated carbocycles. The summed E-state index contributed by atoms with van der Waals surface area (Å²) in [6.07, 6.45) is 8.59. The standard InChI is InChI=1S/C20H30ClN3O3/c21-17-5-4-16(19(12-18(17)22)27-13-14-2-3-14)20(26)23-8-1-9-24-10-6-15(25)7-11-24/h5,12,14-15,25H,1-4,6-11,13,22H2,(H,23,26). The van der Waals surface area contributed by atoms with Crippen molar-refractivity contribution in [2.45, 2.75) is 44.6 Å². The van der Waals surface area contributed by atoms with Gasteiger partial charge in [0.05, 0.1) is 29.0 Å². The molecule has 3 aliphatic rings. The van der Waals surface area contributed by atoms with Gasteiger partial charge in [0, 0.05) is 32.1 Å². The highest BCUT2D eigenvalue weighted by atomic mass is 35.5. The molecule has 6 nitrogen and oxygen atoms in total. The molecule has 0 aromatic heterocycles. The van der Waals surface area contributed by atoms with Crippen LogP contribution < -0.4 is 11.1 Å². The van der Waals surface area contributed by atoms with Crippen LogP contribution in [0.3, 0.4) is 0 Å². The zero-order chi connectivity index (χ0) is 19.2. The van der Waals surface area contributed by atoms with Gasteiger partial charge in [0.2, 0.25) is 0 Å². The molecule has 0 aromatic carbocycles. The summed E-state index contributed by atoms with van der Waals surface area (Å²) in [4.78, 5) is 15.0. The van der Waals surface area contributed by atoms with Crippen LogP contribution in [-0.2, 0) is 9.53 Å². The lowest BCUT2D eigenvalue weighted by Crippen LogP contribution is -2.37. The minimum absolute atomic E-state index is 0.124. The largest absolute Gasteiger partial charge is 0.493 e. The number of halogens is 1. The second kappa shape index (κ2) is 9.62. The summed E-state index contributed by atoms with van der Waals surface area (Å²) in [6, 6.07) is 0. The Bertz CT molecular complexity index is 632. The molecule has 150 valence electrons. The Balaban J connectivity index is 1.51. The predicted octanol–water partition coefficient (Wildman–Crippen LogP) is 2.00. The fourth-order valence-electron chi connectivity index (χ4n) is 3.29. The van der Waals surface area contributed by atoms with E-state index >= 15 is 0 Å². The first-order valence-electron chi connectivity index (χ1n) is 9.90. The smallest absolute Gasteiger partial charge is 0.251 e. The van der Waals surface area contributed by atoms with Gasteiger partial charge in [0.25, 0.3) is 5.91 Å². The van der Waals surface area contributed by atoms with Crippen molar-refractivity contribution in [2.75, 3.05) is 32.8 Å². The van der Waals surface area contributed by atoms with Crippen molar-refractivity contribution >= 4 is 17.5 Å². The fraction of sp³-hybridized carbons (Fsp3) is 0.650. The van der Waals surface area contributed by atoms with Crippen molar-refractivity contribution in [3.8, 4) is 0 Å². The molecule has 3 rings (SSSR count). The quantitative estimate of drug-likeness (QED) is 0.547. The molecule has 0 spiro atoms. The summed E-state index contributed by atoms with van der Waals surface area (Å²) in [7, 11) is 0. The first-order valence-corrected chi connectivity index (χ1v) is 10.3. The molecule has 27 heavy (non-hydrogen) atoms. The van der Waals surface area contributed by atoms with E-state index in [9.17, 15) is 9.90 Å². The van der Waals surface area contributed by atoms with Crippen LogP contribution in [0.25, 0.3) is 0 Å². The van der Waals surface area contributed by atoms with Crippen LogP contribution in [0.1, 0.15) is 38.5 Å². The number of aliphatic hydroxyl groups excluding tert-OH is 1. The highest BCUT2D eigenvalue weighted by Gasteiger charge is 2.24. The molecule has 2 aliphatic carbocycles. The van der Waals surface area contributed by atoms with Gasteiger partial charge in [-0.15, -0.1) is 0 Å². The number of amides is 1. The topological polar surface area (TPSA) is 87.8 Å². The molecule has 0 bridgehead atoms. The number of hydrogen-bond acceptors (Lipinski definition) is 5. The summed E-state index contributed by atoms with van der Waals surface area (Å²) < 4.78 is 5.89. The number of ether oxygens (including phenoxy) is 1. The Morgan fingerprint density at radius 3 is 2.78 bits per heavy atom. The maximum absolute atomic E-state index is 12.7. The predicted molar refractivity (Wildman–Crippen MR) is 106 cm³/mol. The van der Waals surface area contributed by atoms with Gasteiger partial charge in [0.1, 0.15) is 5.76 Å². The van der Waals surface area contributed by atoms with Crippen molar-refractivity contribution in [1.29, 1.82) is 0 Å². The molecule has 0 radical (unpaired) electrons. The number of nitrogens with one attached hydrogen (secondary N) is 1. The van der Waals surface area contributed by atoms with Gasteiger partial charge in [0.15, 0.2) is 0 Å². The van der Waals surface area contributed by atoms with E-state index in [1.165, 1.54) is 12.8 Å². The van der Waals surface area contributed by atoms with E-state index in [1.54, 1.807) is 12.2 Å². The summed E-state index contributed by atoms with van der Waals surface area (Å²) in [5.41, 5.74) is 6.97. The zero-order valence-corrected chi connectivity index (χ0v) is 16.5. The lowest BCUT2D eigenvalue weighted by atomic mass is 10.1. The molecule has 1 amide bonds. The normalized spacial score (nSPS) is 22.1. The maximum Gasteiger partial charge on any atom is 0.251 e. The van der Waals surface area contributed by atoms with E-state index in [2.05, 4.69) is 10.2 Å². The highest BCUT2D eigenvalue weighted by Crippen LogP contribution is 2.31. The van der Waals surface area contributed by atoms with Crippen LogP contribution in [0.15, 0.2) is 34.2 Å². The van der Waals surface area contributed by atoms with Crippen LogP contribution >= 0.6 is 11.6 Å². The minimum Gasteiger partial charge on any atom is -0.493 e. The molecular weight excluding hydrogens is 366 g/mol. The number of aliphatic hydroxyl groups is 1. The molecule has 7 heteroatoms. The Kier molecular flexibility index (Phi) is 7.21. The summed E-state index contributed by atoms with van der Waals surface area (Å²) >= 11 is 6.14. The number of piperidine rings is 1. The monoisotopic (exact) mass is 395 g/mol. The van der Waals surface area contributed by atoms with Crippen molar-refractivity contribution in [3.05, 3.63) is 34.2 Å². The number of nitrogens with two attached hydrogens (primary N) is 1. The Morgan fingerprint density at radius 2 is 2.07 bits per heavy atom. The number of rotatable bonds is 8. The van der Waals surface area contributed by atoms with Crippen LogP contribution in [0.5, 0.6) is 0 Å². The number of allylic oxidation sites excluding steroid dienone is 3. The van der Waals surface area contributed by atoms with Gasteiger partial charge in [-0.05, 0) is 44.6 Å². The summed E-state index contributed by atoms with van der Waals surface area (Å²) in [5.74, 6) is 1.00. The third kappa shape index (κ3) is 6.26. The van der Waals surface area contributed by atoms with E-state index in [-0.39, 0.29) is 12.0 Å². The van der Waals surface area contributed by atoms with Crippen molar-refractivity contribution in [2.24, 2.45) is 11.7 Å². The van der Waals surface area contributed by atoms with E-state index in [0.29, 0.717) is 47.6 Å². The van der Waals surface area contributed by atoms with Gasteiger partial charge in [-0.3, -0.25) is 4.79 Å². The van der Waals surface area contributed by atoms with Crippen LogP contribution in [0.4, 0.5) is 0 Å². The van der Waals surface area contributed by atoms with Crippen LogP contribution in [0.2, 0.25) is 0 Å². The van der Waals surface area contributed by atoms with Gasteiger partial charge in [-0.2, -0.15) is 0 Å². The lowest BCUT2D eigenvalue weighted by molar-refractivity contribution is -0.117. The van der Waals surface area contributed by atoms with Crippen LogP contribution in [0, 0.1) is 5.92 Å². The van der Waals surface area contributed by atoms with E-state index in [4.69, 9.17) is 22.1 Å². The van der Waals surface area contributed by atoms with E-state index < -0.39 is 0 Å². The number of nitrogens with zero attached hydrogens (tertiary/aromatic N) is 1. The Labute approximate surface area is 166 Å². The van der Waals surface area contributed by atoms with Crippen molar-refractivity contribution in [3.63, 3.8) is 0 Å². The molecule has 1 saturated heterocycles. The second-order valence-corrected chi connectivity index (χ2v) is 8.04. The molecule has 1 aliphatic heterocycles. The van der Waals surface area contributed by atoms with E-state index in [0.717, 1.165) is 38.9 Å². The Morgan fingerprint density at radius 1 is 1.33 bits per heavy atom. The number of hydrogen-bond donors (Lipinski definition) is 3. The average Bonchev–Trinajstić information content (AvgIpc) is 3.49. The average molecular weight is 396 g/mol. The molecule has 1 heterocycles. The Hall–Kier alpha value is -1.50. The van der Waals surface area contributed by atoms with Gasteiger partial charge in [-0.25, -0.2) is 0 Å². The third-order valence-corrected chi connectivity index (χ3v) is 5.66. The first-order chi connectivity index (χ1) is 13.0. The van der Waals surface area contributed by atoms with Crippen molar-refractivity contribution in [1.82, 2.24) is 10.2 Å². The number of carbonyl (C=O) groups is 1. The van der Waals surface area contributed by atoms with E-state index in [1.807, 2.05) is 0 Å². The van der Waals surface area contributed by atoms with Gasteiger partial charge < -0.3 is 25.8 Å². The maximum atomic E-state index is 12.7. The molecule has 0 atom stereocenters. The molecule has 2 fully saturated rings. The number of likely N-dealkylation sites (tertiary alicyclic amines) is 1. The van der Waals surface area contributed by atoms with Crippen LogP contribution in [-0.4, -0.2) is 54.8 Å². The highest BCUT2D eigenvalue weighted by molar-refractivity contribution is 6.32. The fourth-order valence-corrected chi connectivity index (χ4v) is 3.42. The summed E-state index contributed by atoms with van der Waals surface area (Å²) in [6.45, 7) is 4.00. The van der Waals surface area contributed by atoms with Gasteiger partial charge >= 0.3 is 0 Å². The third-order valence-electron chi connectivity index (χ3n) is 5.28. The second-order valence-electron chi connectivity index (χ2n) is 7.64. The van der Waals surface area contributed by atoms with Gasteiger partial charge in [-0.1, -0.05) is 17.7 Å². The minimum atomic E-state index is -0.155. The summed E-state index contributed by atoms with van der Waals surface area (Å²) in [5, 5.41) is 13.0. The molecular formula is C20H30ClN3O3. The molecule has 0 unspecified atom stereocenters. The number of carbonyl (C=O) groups excluding carboxylic acids is 1. The zero-order valence-electron chi connectivity index (χ0n) is 15.8. The first kappa shape index (κ1) is 20.2. The van der Waals surface area contributed by atoms with Crippen molar-refractivity contribution < 1.29 is 14.6 Å².